The van der Waals surface area contributed by atoms with Crippen LogP contribution < -0.4 is 0 Å². The first-order valence-electron chi connectivity index (χ1n) is 5.20. The number of aryl methyl sites for hydroxylation is 2. The van der Waals surface area contributed by atoms with Crippen molar-refractivity contribution in [2.75, 3.05) is 0 Å². The lowest BCUT2D eigenvalue weighted by atomic mass is 10.2. The van der Waals surface area contributed by atoms with Crippen molar-refractivity contribution in [3.05, 3.63) is 46.1 Å². The lowest BCUT2D eigenvalue weighted by Gasteiger charge is -2.01. The first-order chi connectivity index (χ1) is 7.66. The third-order valence-electron chi connectivity index (χ3n) is 2.91. The van der Waals surface area contributed by atoms with Gasteiger partial charge in [-0.3, -0.25) is 4.40 Å². The minimum Gasteiger partial charge on any atom is -0.299 e. The van der Waals surface area contributed by atoms with Gasteiger partial charge < -0.3 is 0 Å². The van der Waals surface area contributed by atoms with E-state index in [-0.39, 0.29) is 0 Å². The second-order valence-electron chi connectivity index (χ2n) is 4.09. The monoisotopic (exact) mass is 274 g/mol. The molecule has 3 heteroatoms. The highest BCUT2D eigenvalue weighted by Gasteiger charge is 2.08. The highest BCUT2D eigenvalue weighted by molar-refractivity contribution is 9.10. The number of nitrogens with zero attached hydrogens (tertiary/aromatic N) is 2. The molecule has 2 aromatic heterocycles. The standard InChI is InChI=1S/C13H11BrN2/c1-8-3-4-11-12(7-8)16-6-5-10(14)9(2)13(16)15-11/h3-7H,1-2H3. The maximum absolute atomic E-state index is 4.65. The van der Waals surface area contributed by atoms with Gasteiger partial charge in [-0.1, -0.05) is 22.0 Å². The van der Waals surface area contributed by atoms with E-state index in [1.165, 1.54) is 16.6 Å². The van der Waals surface area contributed by atoms with E-state index >= 15 is 0 Å². The molecule has 0 spiro atoms. The zero-order valence-electron chi connectivity index (χ0n) is 9.16. The van der Waals surface area contributed by atoms with E-state index in [4.69, 9.17) is 0 Å². The zero-order chi connectivity index (χ0) is 11.3. The Morgan fingerprint density at radius 2 is 2.00 bits per heavy atom. The van der Waals surface area contributed by atoms with Crippen LogP contribution in [0, 0.1) is 13.8 Å². The molecule has 3 rings (SSSR count). The Balaban J connectivity index is 2.56. The molecule has 1 aromatic carbocycles. The molecule has 0 aliphatic rings. The summed E-state index contributed by atoms with van der Waals surface area (Å²) in [7, 11) is 0. The van der Waals surface area contributed by atoms with Gasteiger partial charge in [-0.2, -0.15) is 0 Å². The topological polar surface area (TPSA) is 17.3 Å². The molecule has 0 atom stereocenters. The Labute approximate surface area is 102 Å². The van der Waals surface area contributed by atoms with Crippen molar-refractivity contribution in [3.63, 3.8) is 0 Å². The number of imidazole rings is 1. The van der Waals surface area contributed by atoms with Gasteiger partial charge in [0.1, 0.15) is 5.65 Å². The number of benzene rings is 1. The summed E-state index contributed by atoms with van der Waals surface area (Å²) in [5.41, 5.74) is 5.68. The van der Waals surface area contributed by atoms with Gasteiger partial charge in [-0.25, -0.2) is 4.98 Å². The molecule has 0 N–H and O–H groups in total. The molecule has 0 bridgehead atoms. The second-order valence-corrected chi connectivity index (χ2v) is 4.94. The number of pyridine rings is 1. The molecular weight excluding hydrogens is 264 g/mol. The van der Waals surface area contributed by atoms with Crippen LogP contribution in [0.5, 0.6) is 0 Å². The molecule has 2 nitrogen and oxygen atoms in total. The second kappa shape index (κ2) is 3.32. The average Bonchev–Trinajstić information content (AvgIpc) is 2.62. The van der Waals surface area contributed by atoms with Crippen molar-refractivity contribution in [2.24, 2.45) is 0 Å². The maximum atomic E-state index is 4.65. The van der Waals surface area contributed by atoms with Crippen LogP contribution in [0.4, 0.5) is 0 Å². The Kier molecular flexibility index (Phi) is 2.04. The third-order valence-corrected chi connectivity index (χ3v) is 3.77. The molecule has 3 aromatic rings. The summed E-state index contributed by atoms with van der Waals surface area (Å²) in [6, 6.07) is 8.40. The van der Waals surface area contributed by atoms with Crippen molar-refractivity contribution >= 4 is 32.6 Å². The van der Waals surface area contributed by atoms with Crippen LogP contribution in [0.2, 0.25) is 0 Å². The average molecular weight is 275 g/mol. The molecule has 2 heterocycles. The summed E-state index contributed by atoms with van der Waals surface area (Å²) >= 11 is 3.53. The minimum absolute atomic E-state index is 1.02. The lowest BCUT2D eigenvalue weighted by molar-refractivity contribution is 1.18. The van der Waals surface area contributed by atoms with Gasteiger partial charge in [0.2, 0.25) is 0 Å². The SMILES string of the molecule is Cc1ccc2nc3c(C)c(Br)ccn3c2c1. The molecule has 0 aliphatic heterocycles. The van der Waals surface area contributed by atoms with Gasteiger partial charge in [0.25, 0.3) is 0 Å². The van der Waals surface area contributed by atoms with Gasteiger partial charge >= 0.3 is 0 Å². The molecule has 80 valence electrons. The van der Waals surface area contributed by atoms with Gasteiger partial charge in [0.05, 0.1) is 11.0 Å². The van der Waals surface area contributed by atoms with Crippen molar-refractivity contribution in [3.8, 4) is 0 Å². The van der Waals surface area contributed by atoms with Gasteiger partial charge in [-0.05, 0) is 37.6 Å². The van der Waals surface area contributed by atoms with E-state index in [2.05, 4.69) is 69.6 Å². The summed E-state index contributed by atoms with van der Waals surface area (Å²) in [6.07, 6.45) is 2.06. The third kappa shape index (κ3) is 1.28. The molecular formula is C13H11BrN2. The largest absolute Gasteiger partial charge is 0.299 e. The van der Waals surface area contributed by atoms with Crippen molar-refractivity contribution in [2.45, 2.75) is 13.8 Å². The Morgan fingerprint density at radius 3 is 2.81 bits per heavy atom. The molecule has 16 heavy (non-hydrogen) atoms. The van der Waals surface area contributed by atoms with Crippen LogP contribution >= 0.6 is 15.9 Å². The van der Waals surface area contributed by atoms with E-state index in [1.54, 1.807) is 0 Å². The van der Waals surface area contributed by atoms with E-state index in [9.17, 15) is 0 Å². The molecule has 0 unspecified atom stereocenters. The van der Waals surface area contributed by atoms with Crippen molar-refractivity contribution in [1.82, 2.24) is 9.38 Å². The van der Waals surface area contributed by atoms with Crippen LogP contribution in [-0.4, -0.2) is 9.38 Å². The van der Waals surface area contributed by atoms with Gasteiger partial charge in [-0.15, -0.1) is 0 Å². The predicted octanol–water partition coefficient (Wildman–Crippen LogP) is 3.87. The summed E-state index contributed by atoms with van der Waals surface area (Å²) in [6.45, 7) is 4.18. The van der Waals surface area contributed by atoms with Crippen LogP contribution in [-0.2, 0) is 0 Å². The Hall–Kier alpha value is -1.35. The van der Waals surface area contributed by atoms with Crippen LogP contribution in [0.3, 0.4) is 0 Å². The Bertz CT molecular complexity index is 698. The molecule has 0 fully saturated rings. The summed E-state index contributed by atoms with van der Waals surface area (Å²) < 4.78 is 3.25. The van der Waals surface area contributed by atoms with E-state index in [0.717, 1.165) is 15.6 Å². The van der Waals surface area contributed by atoms with Crippen LogP contribution in [0.15, 0.2) is 34.9 Å². The maximum Gasteiger partial charge on any atom is 0.141 e. The van der Waals surface area contributed by atoms with E-state index in [1.807, 2.05) is 0 Å². The molecule has 0 saturated heterocycles. The highest BCUT2D eigenvalue weighted by Crippen LogP contribution is 2.24. The summed E-state index contributed by atoms with van der Waals surface area (Å²) in [5.74, 6) is 0. The number of halogens is 1. The quantitative estimate of drug-likeness (QED) is 0.608. The zero-order valence-corrected chi connectivity index (χ0v) is 10.7. The lowest BCUT2D eigenvalue weighted by Crippen LogP contribution is -1.88. The predicted molar refractivity (Wildman–Crippen MR) is 69.9 cm³/mol. The van der Waals surface area contributed by atoms with Crippen LogP contribution in [0.1, 0.15) is 11.1 Å². The number of hydrogen-bond donors (Lipinski definition) is 0. The highest BCUT2D eigenvalue weighted by atomic mass is 79.9. The molecule has 0 radical (unpaired) electrons. The molecule has 0 amide bonds. The molecule has 0 aliphatic carbocycles. The number of fused-ring (bicyclic) bond motifs is 3. The van der Waals surface area contributed by atoms with Gasteiger partial charge in [0.15, 0.2) is 0 Å². The first-order valence-corrected chi connectivity index (χ1v) is 5.99. The minimum atomic E-state index is 1.02. The van der Waals surface area contributed by atoms with Gasteiger partial charge in [0, 0.05) is 16.2 Å². The Morgan fingerprint density at radius 1 is 1.19 bits per heavy atom. The number of hydrogen-bond acceptors (Lipinski definition) is 1. The molecule has 0 saturated carbocycles. The van der Waals surface area contributed by atoms with Crippen molar-refractivity contribution < 1.29 is 0 Å². The van der Waals surface area contributed by atoms with E-state index < -0.39 is 0 Å². The fraction of sp³-hybridized carbons (Fsp3) is 0.154. The number of aromatic nitrogens is 2. The summed E-state index contributed by atoms with van der Waals surface area (Å²) in [5, 5.41) is 0. The smallest absolute Gasteiger partial charge is 0.141 e. The first kappa shape index (κ1) is 9.85. The fourth-order valence-electron chi connectivity index (χ4n) is 1.99. The number of rotatable bonds is 0. The normalized spacial score (nSPS) is 11.4. The fourth-order valence-corrected chi connectivity index (χ4v) is 2.29. The van der Waals surface area contributed by atoms with Crippen LogP contribution in [0.25, 0.3) is 16.7 Å². The summed E-state index contributed by atoms with van der Waals surface area (Å²) in [4.78, 5) is 4.65. The van der Waals surface area contributed by atoms with E-state index in [0.29, 0.717) is 0 Å². The van der Waals surface area contributed by atoms with Crippen molar-refractivity contribution in [1.29, 1.82) is 0 Å².